The minimum atomic E-state index is -0.553. The fourth-order valence-corrected chi connectivity index (χ4v) is 3.63. The maximum Gasteiger partial charge on any atom is 0.245 e. The number of nitrogens with zero attached hydrogens (tertiary/aromatic N) is 1. The largest absolute Gasteiger partial charge is 0.369 e. The van der Waals surface area contributed by atoms with Crippen molar-refractivity contribution in [1.82, 2.24) is 10.2 Å². The van der Waals surface area contributed by atoms with E-state index >= 15 is 0 Å². The highest BCUT2D eigenvalue weighted by molar-refractivity contribution is 5.88. The summed E-state index contributed by atoms with van der Waals surface area (Å²) in [4.78, 5) is 45.8. The number of primary amides is 1. The standard InChI is InChI=1S/C11H22FNO.C10H16N2O3/c1-3-5-6-7-9(8-12)10(4-2)11(13)14;1-7(11-8(2)14)10(15)12-5-3-4-9(12)6-13/h9-10H,3-8H2,1-2H3,(H2,13,14);6-7,9H,3-5H2,1-2H3,(H,11,14). The number of aldehydes is 1. The Morgan fingerprint density at radius 1 is 1.28 bits per heavy atom. The van der Waals surface area contributed by atoms with E-state index in [9.17, 15) is 23.6 Å². The minimum Gasteiger partial charge on any atom is -0.369 e. The molecule has 7 nitrogen and oxygen atoms in total. The number of nitrogens with one attached hydrogen (secondary N) is 1. The molecule has 0 radical (unpaired) electrons. The van der Waals surface area contributed by atoms with Crippen LogP contribution in [0.25, 0.3) is 0 Å². The zero-order valence-electron chi connectivity index (χ0n) is 18.3. The highest BCUT2D eigenvalue weighted by atomic mass is 19.1. The van der Waals surface area contributed by atoms with Gasteiger partial charge in [-0.25, -0.2) is 0 Å². The molecule has 1 fully saturated rings. The van der Waals surface area contributed by atoms with Crippen molar-refractivity contribution in [3.05, 3.63) is 0 Å². The van der Waals surface area contributed by atoms with Gasteiger partial charge in [0.25, 0.3) is 0 Å². The van der Waals surface area contributed by atoms with Gasteiger partial charge in [0, 0.05) is 19.4 Å². The number of unbranched alkanes of at least 4 members (excludes halogenated alkanes) is 2. The Bertz CT molecular complexity index is 530. The molecule has 0 spiro atoms. The quantitative estimate of drug-likeness (QED) is 0.399. The molecule has 1 rings (SSSR count). The van der Waals surface area contributed by atoms with E-state index in [1.54, 1.807) is 6.92 Å². The molecule has 1 heterocycles. The Kier molecular flexibility index (Phi) is 13.9. The van der Waals surface area contributed by atoms with Crippen LogP contribution < -0.4 is 11.1 Å². The van der Waals surface area contributed by atoms with E-state index in [0.717, 1.165) is 44.8 Å². The summed E-state index contributed by atoms with van der Waals surface area (Å²) in [5, 5.41) is 2.52. The van der Waals surface area contributed by atoms with Gasteiger partial charge in [-0.15, -0.1) is 0 Å². The zero-order valence-corrected chi connectivity index (χ0v) is 18.3. The van der Waals surface area contributed by atoms with Crippen LogP contribution >= 0.6 is 0 Å². The first-order valence-corrected chi connectivity index (χ1v) is 10.6. The Morgan fingerprint density at radius 2 is 1.93 bits per heavy atom. The van der Waals surface area contributed by atoms with Crippen LogP contribution in [0.15, 0.2) is 0 Å². The van der Waals surface area contributed by atoms with Gasteiger partial charge < -0.3 is 20.7 Å². The Balaban J connectivity index is 0.000000543. The lowest BCUT2D eigenvalue weighted by Crippen LogP contribution is -2.48. The lowest BCUT2D eigenvalue weighted by atomic mass is 9.86. The van der Waals surface area contributed by atoms with E-state index in [0.29, 0.717) is 13.0 Å². The third kappa shape index (κ3) is 9.85. The van der Waals surface area contributed by atoms with E-state index in [1.165, 1.54) is 11.8 Å². The van der Waals surface area contributed by atoms with Crippen molar-refractivity contribution in [3.8, 4) is 0 Å². The molecule has 0 aromatic rings. The van der Waals surface area contributed by atoms with Crippen molar-refractivity contribution in [3.63, 3.8) is 0 Å². The molecule has 29 heavy (non-hydrogen) atoms. The van der Waals surface area contributed by atoms with Crippen molar-refractivity contribution in [1.29, 1.82) is 0 Å². The summed E-state index contributed by atoms with van der Waals surface area (Å²) in [7, 11) is 0. The second kappa shape index (κ2) is 14.9. The van der Waals surface area contributed by atoms with E-state index in [4.69, 9.17) is 5.73 Å². The second-order valence-corrected chi connectivity index (χ2v) is 7.63. The summed E-state index contributed by atoms with van der Waals surface area (Å²) in [6, 6.07) is -0.864. The SMILES string of the molecule is CC(=O)NC(C)C(=O)N1CCCC1C=O.CCCCCC(CF)C(CC)C(N)=O. The summed E-state index contributed by atoms with van der Waals surface area (Å²) in [5.74, 6) is -1.22. The van der Waals surface area contributed by atoms with Crippen LogP contribution in [0.3, 0.4) is 0 Å². The van der Waals surface area contributed by atoms with E-state index in [-0.39, 0.29) is 35.6 Å². The summed E-state index contributed by atoms with van der Waals surface area (Å²) >= 11 is 0. The molecular weight excluding hydrogens is 377 g/mol. The Morgan fingerprint density at radius 3 is 2.38 bits per heavy atom. The first kappa shape index (κ1) is 27.0. The van der Waals surface area contributed by atoms with Gasteiger partial charge in [-0.1, -0.05) is 33.1 Å². The van der Waals surface area contributed by atoms with Crippen molar-refractivity contribution in [2.45, 2.75) is 84.7 Å². The number of rotatable bonds is 11. The van der Waals surface area contributed by atoms with Crippen molar-refractivity contribution < 1.29 is 23.6 Å². The molecule has 1 aliphatic rings. The molecule has 3 amide bonds. The molecule has 0 aromatic heterocycles. The number of carbonyl (C=O) groups is 4. The predicted molar refractivity (Wildman–Crippen MR) is 111 cm³/mol. The molecule has 0 aliphatic carbocycles. The summed E-state index contributed by atoms with van der Waals surface area (Å²) in [6.07, 6.45) is 7.02. The molecule has 8 heteroatoms. The average molecular weight is 416 g/mol. The van der Waals surface area contributed by atoms with Crippen LogP contribution in [0.2, 0.25) is 0 Å². The zero-order chi connectivity index (χ0) is 22.4. The summed E-state index contributed by atoms with van der Waals surface area (Å²) in [5.41, 5.74) is 5.22. The third-order valence-corrected chi connectivity index (χ3v) is 5.28. The molecule has 168 valence electrons. The van der Waals surface area contributed by atoms with Gasteiger partial charge in [-0.05, 0) is 38.5 Å². The maximum atomic E-state index is 12.7. The first-order chi connectivity index (χ1) is 13.7. The van der Waals surface area contributed by atoms with Crippen LogP contribution in [-0.4, -0.2) is 54.2 Å². The molecule has 1 saturated heterocycles. The molecule has 4 unspecified atom stereocenters. The average Bonchev–Trinajstić information content (AvgIpc) is 3.15. The van der Waals surface area contributed by atoms with Crippen LogP contribution in [0, 0.1) is 11.8 Å². The topological polar surface area (TPSA) is 110 Å². The molecule has 0 bridgehead atoms. The van der Waals surface area contributed by atoms with Crippen LogP contribution in [0.5, 0.6) is 0 Å². The molecule has 3 N–H and O–H groups in total. The van der Waals surface area contributed by atoms with Gasteiger partial charge in [0.05, 0.1) is 12.7 Å². The number of halogens is 1. The van der Waals surface area contributed by atoms with Gasteiger partial charge >= 0.3 is 0 Å². The fraction of sp³-hybridized carbons (Fsp3) is 0.810. The van der Waals surface area contributed by atoms with E-state index in [1.807, 2.05) is 6.92 Å². The van der Waals surface area contributed by atoms with Crippen molar-refractivity contribution in [2.24, 2.45) is 17.6 Å². The fourth-order valence-electron chi connectivity index (χ4n) is 3.63. The minimum absolute atomic E-state index is 0.163. The number of amides is 3. The maximum absolute atomic E-state index is 12.7. The number of nitrogens with two attached hydrogens (primary N) is 1. The van der Waals surface area contributed by atoms with Gasteiger partial charge in [0.1, 0.15) is 12.3 Å². The highest BCUT2D eigenvalue weighted by Gasteiger charge is 2.31. The molecule has 0 saturated carbocycles. The smallest absolute Gasteiger partial charge is 0.245 e. The third-order valence-electron chi connectivity index (χ3n) is 5.28. The molecule has 1 aliphatic heterocycles. The lowest BCUT2D eigenvalue weighted by Gasteiger charge is -2.24. The van der Waals surface area contributed by atoms with Crippen LogP contribution in [0.4, 0.5) is 4.39 Å². The van der Waals surface area contributed by atoms with Crippen molar-refractivity contribution in [2.75, 3.05) is 13.2 Å². The number of hydrogen-bond donors (Lipinski definition) is 2. The van der Waals surface area contributed by atoms with Gasteiger partial charge in [0.2, 0.25) is 17.7 Å². The molecule has 0 aromatic carbocycles. The van der Waals surface area contributed by atoms with Crippen LogP contribution in [0.1, 0.15) is 72.6 Å². The first-order valence-electron chi connectivity index (χ1n) is 10.6. The Labute approximate surface area is 173 Å². The van der Waals surface area contributed by atoms with Crippen LogP contribution in [-0.2, 0) is 19.2 Å². The molecule has 4 atom stereocenters. The van der Waals surface area contributed by atoms with Gasteiger partial charge in [-0.3, -0.25) is 18.8 Å². The van der Waals surface area contributed by atoms with Crippen molar-refractivity contribution >= 4 is 24.0 Å². The normalized spacial score (nSPS) is 18.8. The highest BCUT2D eigenvalue weighted by Crippen LogP contribution is 2.22. The van der Waals surface area contributed by atoms with Gasteiger partial charge in [0.15, 0.2) is 0 Å². The van der Waals surface area contributed by atoms with E-state index < -0.39 is 12.7 Å². The number of alkyl halides is 1. The molecular formula is C21H38FN3O4. The summed E-state index contributed by atoms with van der Waals surface area (Å²) in [6.45, 7) is 7.17. The Hall–Kier alpha value is -1.99. The van der Waals surface area contributed by atoms with E-state index in [2.05, 4.69) is 12.2 Å². The lowest BCUT2D eigenvalue weighted by molar-refractivity contribution is -0.137. The summed E-state index contributed by atoms with van der Waals surface area (Å²) < 4.78 is 12.7. The second-order valence-electron chi connectivity index (χ2n) is 7.63. The monoisotopic (exact) mass is 415 g/mol. The predicted octanol–water partition coefficient (Wildman–Crippen LogP) is 2.36. The number of carbonyl (C=O) groups excluding carboxylic acids is 4. The number of likely N-dealkylation sites (tertiary alicyclic amines) is 1. The number of hydrogen-bond acceptors (Lipinski definition) is 4. The van der Waals surface area contributed by atoms with Gasteiger partial charge in [-0.2, -0.15) is 0 Å².